The van der Waals surface area contributed by atoms with Gasteiger partial charge < -0.3 is 16.6 Å². The van der Waals surface area contributed by atoms with Gasteiger partial charge in [-0.1, -0.05) is 26.3 Å². The first-order chi connectivity index (χ1) is 7.93. The third-order valence-corrected chi connectivity index (χ3v) is 3.32. The summed E-state index contributed by atoms with van der Waals surface area (Å²) in [6.45, 7) is 6.29. The minimum Gasteiger partial charge on any atom is -0.506 e. The van der Waals surface area contributed by atoms with Gasteiger partial charge in [0.25, 0.3) is 0 Å². The minimum atomic E-state index is 0.146. The van der Waals surface area contributed by atoms with Gasteiger partial charge in [0.2, 0.25) is 0 Å². The number of phenols is 1. The van der Waals surface area contributed by atoms with E-state index in [4.69, 9.17) is 11.5 Å². The first kappa shape index (κ1) is 13.8. The number of benzene rings is 1. The lowest BCUT2D eigenvalue weighted by molar-refractivity contribution is 0.448. The molecule has 0 spiro atoms. The summed E-state index contributed by atoms with van der Waals surface area (Å²) < 4.78 is 0. The van der Waals surface area contributed by atoms with Crippen molar-refractivity contribution >= 4 is 5.69 Å². The SMILES string of the molecule is CC[C@@H](C)CC(N)Cc1cc(C)c(N)c(O)c1. The van der Waals surface area contributed by atoms with Gasteiger partial charge in [-0.15, -0.1) is 0 Å². The number of rotatable bonds is 5. The molecule has 3 heteroatoms. The normalized spacial score (nSPS) is 14.6. The van der Waals surface area contributed by atoms with Gasteiger partial charge in [0, 0.05) is 6.04 Å². The Morgan fingerprint density at radius 2 is 2.00 bits per heavy atom. The summed E-state index contributed by atoms with van der Waals surface area (Å²) in [6.07, 6.45) is 2.96. The maximum atomic E-state index is 9.66. The van der Waals surface area contributed by atoms with Gasteiger partial charge in [0.15, 0.2) is 0 Å². The molecule has 1 unspecified atom stereocenters. The van der Waals surface area contributed by atoms with Gasteiger partial charge in [-0.3, -0.25) is 0 Å². The Labute approximate surface area is 104 Å². The zero-order valence-corrected chi connectivity index (χ0v) is 11.0. The number of phenolic OH excluding ortho intramolecular Hbond substituents is 1. The van der Waals surface area contributed by atoms with E-state index in [1.807, 2.05) is 13.0 Å². The molecule has 1 rings (SSSR count). The van der Waals surface area contributed by atoms with Crippen molar-refractivity contribution in [2.75, 3.05) is 5.73 Å². The minimum absolute atomic E-state index is 0.146. The molecule has 5 N–H and O–H groups in total. The fourth-order valence-corrected chi connectivity index (χ4v) is 2.04. The van der Waals surface area contributed by atoms with Crippen LogP contribution in [0.4, 0.5) is 5.69 Å². The number of aryl methyl sites for hydroxylation is 1. The maximum absolute atomic E-state index is 9.66. The zero-order chi connectivity index (χ0) is 13.0. The maximum Gasteiger partial charge on any atom is 0.139 e. The second kappa shape index (κ2) is 5.92. The topological polar surface area (TPSA) is 72.3 Å². The number of hydrogen-bond donors (Lipinski definition) is 3. The highest BCUT2D eigenvalue weighted by Crippen LogP contribution is 2.26. The molecule has 0 aliphatic rings. The second-order valence-electron chi connectivity index (χ2n) is 5.06. The summed E-state index contributed by atoms with van der Waals surface area (Å²) in [7, 11) is 0. The Bertz CT molecular complexity index is 353. The molecular weight excluding hydrogens is 212 g/mol. The van der Waals surface area contributed by atoms with E-state index in [9.17, 15) is 5.11 Å². The van der Waals surface area contributed by atoms with E-state index in [0.29, 0.717) is 11.6 Å². The van der Waals surface area contributed by atoms with Crippen molar-refractivity contribution in [3.63, 3.8) is 0 Å². The molecule has 0 bridgehead atoms. The van der Waals surface area contributed by atoms with Crippen molar-refractivity contribution in [1.82, 2.24) is 0 Å². The third-order valence-electron chi connectivity index (χ3n) is 3.32. The van der Waals surface area contributed by atoms with E-state index in [-0.39, 0.29) is 11.8 Å². The molecule has 0 fully saturated rings. The highest BCUT2D eigenvalue weighted by molar-refractivity contribution is 5.58. The van der Waals surface area contributed by atoms with Crippen LogP contribution in [0, 0.1) is 12.8 Å². The van der Waals surface area contributed by atoms with Crippen molar-refractivity contribution in [2.45, 2.75) is 46.1 Å². The fourth-order valence-electron chi connectivity index (χ4n) is 2.04. The number of hydrogen-bond acceptors (Lipinski definition) is 3. The lowest BCUT2D eigenvalue weighted by Crippen LogP contribution is -2.25. The lowest BCUT2D eigenvalue weighted by Gasteiger charge is -2.16. The van der Waals surface area contributed by atoms with E-state index < -0.39 is 0 Å². The molecule has 0 heterocycles. The van der Waals surface area contributed by atoms with Crippen LogP contribution in [-0.4, -0.2) is 11.1 Å². The van der Waals surface area contributed by atoms with Crippen LogP contribution in [-0.2, 0) is 6.42 Å². The van der Waals surface area contributed by atoms with E-state index in [1.54, 1.807) is 6.07 Å². The Hall–Kier alpha value is -1.22. The average Bonchev–Trinajstić information content (AvgIpc) is 2.25. The van der Waals surface area contributed by atoms with E-state index >= 15 is 0 Å². The van der Waals surface area contributed by atoms with Crippen molar-refractivity contribution in [3.8, 4) is 5.75 Å². The number of nitrogen functional groups attached to an aromatic ring is 1. The first-order valence-corrected chi connectivity index (χ1v) is 6.27. The molecule has 0 saturated heterocycles. The molecule has 0 aromatic heterocycles. The van der Waals surface area contributed by atoms with Crippen LogP contribution in [0.5, 0.6) is 5.75 Å². The summed E-state index contributed by atoms with van der Waals surface area (Å²) in [5.41, 5.74) is 14.2. The molecule has 0 aliphatic heterocycles. The predicted molar refractivity (Wildman–Crippen MR) is 73.0 cm³/mol. The molecule has 0 radical (unpaired) electrons. The van der Waals surface area contributed by atoms with E-state index in [2.05, 4.69) is 13.8 Å². The van der Waals surface area contributed by atoms with Crippen LogP contribution in [0.3, 0.4) is 0 Å². The van der Waals surface area contributed by atoms with Crippen molar-refractivity contribution in [2.24, 2.45) is 11.7 Å². The molecular formula is C14H24N2O. The fraction of sp³-hybridized carbons (Fsp3) is 0.571. The molecule has 96 valence electrons. The quantitative estimate of drug-likeness (QED) is 0.543. The first-order valence-electron chi connectivity index (χ1n) is 6.27. The molecule has 0 aliphatic carbocycles. The molecule has 0 amide bonds. The monoisotopic (exact) mass is 236 g/mol. The van der Waals surface area contributed by atoms with Crippen LogP contribution >= 0.6 is 0 Å². The third kappa shape index (κ3) is 3.93. The molecule has 3 nitrogen and oxygen atoms in total. The molecule has 0 saturated carbocycles. The predicted octanol–water partition coefficient (Wildman–Crippen LogP) is 2.59. The van der Waals surface area contributed by atoms with Crippen molar-refractivity contribution in [3.05, 3.63) is 23.3 Å². The van der Waals surface area contributed by atoms with Crippen LogP contribution in [0.1, 0.15) is 37.8 Å². The van der Waals surface area contributed by atoms with E-state index in [1.165, 1.54) is 0 Å². The Kier molecular flexibility index (Phi) is 4.82. The van der Waals surface area contributed by atoms with Crippen molar-refractivity contribution in [1.29, 1.82) is 0 Å². The van der Waals surface area contributed by atoms with Gasteiger partial charge in [-0.05, 0) is 42.9 Å². The van der Waals surface area contributed by atoms with Crippen molar-refractivity contribution < 1.29 is 5.11 Å². The van der Waals surface area contributed by atoms with Crippen LogP contribution < -0.4 is 11.5 Å². The van der Waals surface area contributed by atoms with Gasteiger partial charge >= 0.3 is 0 Å². The molecule has 17 heavy (non-hydrogen) atoms. The average molecular weight is 236 g/mol. The Morgan fingerprint density at radius 3 is 2.53 bits per heavy atom. The summed E-state index contributed by atoms with van der Waals surface area (Å²) in [6, 6.07) is 3.87. The number of anilines is 1. The van der Waals surface area contributed by atoms with Crippen LogP contribution in [0.25, 0.3) is 0 Å². The smallest absolute Gasteiger partial charge is 0.139 e. The zero-order valence-electron chi connectivity index (χ0n) is 11.0. The van der Waals surface area contributed by atoms with Gasteiger partial charge in [-0.25, -0.2) is 0 Å². The Balaban J connectivity index is 2.69. The Morgan fingerprint density at radius 1 is 1.35 bits per heavy atom. The van der Waals surface area contributed by atoms with Gasteiger partial charge in [0.1, 0.15) is 5.75 Å². The number of aromatic hydroxyl groups is 1. The summed E-state index contributed by atoms with van der Waals surface area (Å²) in [5.74, 6) is 0.809. The summed E-state index contributed by atoms with van der Waals surface area (Å²) in [5, 5.41) is 9.66. The molecule has 1 aromatic carbocycles. The van der Waals surface area contributed by atoms with Gasteiger partial charge in [-0.2, -0.15) is 0 Å². The summed E-state index contributed by atoms with van der Waals surface area (Å²) in [4.78, 5) is 0. The molecule has 1 aromatic rings. The highest BCUT2D eigenvalue weighted by Gasteiger charge is 2.10. The lowest BCUT2D eigenvalue weighted by atomic mass is 9.94. The van der Waals surface area contributed by atoms with Crippen LogP contribution in [0.2, 0.25) is 0 Å². The highest BCUT2D eigenvalue weighted by atomic mass is 16.3. The second-order valence-corrected chi connectivity index (χ2v) is 5.06. The standard InChI is InChI=1S/C14H24N2O/c1-4-9(2)5-12(15)7-11-6-10(3)14(16)13(17)8-11/h6,8-9,12,17H,4-5,7,15-16H2,1-3H3/t9-,12?/m1/s1. The van der Waals surface area contributed by atoms with Gasteiger partial charge in [0.05, 0.1) is 5.69 Å². The summed E-state index contributed by atoms with van der Waals surface area (Å²) >= 11 is 0. The molecule has 2 atom stereocenters. The largest absolute Gasteiger partial charge is 0.506 e. The van der Waals surface area contributed by atoms with E-state index in [0.717, 1.165) is 30.4 Å². The van der Waals surface area contributed by atoms with Crippen LogP contribution in [0.15, 0.2) is 12.1 Å². The number of nitrogens with two attached hydrogens (primary N) is 2.